The van der Waals surface area contributed by atoms with Crippen LogP contribution in [0.3, 0.4) is 0 Å². The molecule has 0 amide bonds. The molecule has 0 unspecified atom stereocenters. The molecule has 492 valence electrons. The first-order valence-electron chi connectivity index (χ1n) is 30.0. The van der Waals surface area contributed by atoms with Gasteiger partial charge in [-0.3, -0.25) is 0 Å². The highest BCUT2D eigenvalue weighted by Crippen LogP contribution is 2.41. The minimum Gasteiger partial charge on any atom is -0.489 e. The van der Waals surface area contributed by atoms with Gasteiger partial charge in [0.05, 0.1) is 11.1 Å². The maximum atomic E-state index is 13.2. The van der Waals surface area contributed by atoms with Crippen molar-refractivity contribution in [2.24, 2.45) is 0 Å². The molecule has 1 heterocycles. The minimum absolute atomic E-state index is 0.00908. The van der Waals surface area contributed by atoms with Gasteiger partial charge >= 0.3 is 36.1 Å². The molecule has 7 aromatic carbocycles. The van der Waals surface area contributed by atoms with Crippen molar-refractivity contribution in [2.45, 2.75) is 65.6 Å². The normalized spacial score (nSPS) is 10.6. The molecule has 0 aliphatic rings. The molecule has 0 aliphatic carbocycles. The summed E-state index contributed by atoms with van der Waals surface area (Å²) in [6.07, 6.45) is 2.48. The number of carbonyl (C=O) groups is 2. The van der Waals surface area contributed by atoms with Crippen LogP contribution in [0.25, 0.3) is 23.3 Å². The molecule has 0 saturated carbocycles. The lowest BCUT2D eigenvalue weighted by Gasteiger charge is -2.23. The van der Waals surface area contributed by atoms with E-state index in [0.29, 0.717) is 49.8 Å². The number of nitrogens with zero attached hydrogens (tertiary/aromatic N) is 5. The van der Waals surface area contributed by atoms with Gasteiger partial charge in [-0.25, -0.2) is 9.59 Å². The number of unbranched alkanes of at least 4 members (excludes halogenated alkanes) is 3. The number of aliphatic hydroxyl groups excluding tert-OH is 1. The van der Waals surface area contributed by atoms with E-state index in [9.17, 15) is 57.0 Å². The lowest BCUT2D eigenvalue weighted by atomic mass is 9.89. The van der Waals surface area contributed by atoms with Gasteiger partial charge in [-0.05, 0) is 162 Å². The van der Waals surface area contributed by atoms with Crippen LogP contribution in [0.2, 0.25) is 0 Å². The lowest BCUT2D eigenvalue weighted by molar-refractivity contribution is 0.0464. The summed E-state index contributed by atoms with van der Waals surface area (Å²) < 4.78 is 115. The zero-order valence-electron chi connectivity index (χ0n) is 51.9. The third kappa shape index (κ3) is 21.1. The number of rotatable bonds is 32. The van der Waals surface area contributed by atoms with Crippen LogP contribution in [0, 0.1) is 45.3 Å². The largest absolute Gasteiger partial charge is 0.489 e. The second kappa shape index (κ2) is 36.0. The van der Waals surface area contributed by atoms with Crippen molar-refractivity contribution < 1.29 is 74.2 Å². The molecule has 8 rings (SSSR count). The van der Waals surface area contributed by atoms with E-state index in [-0.39, 0.29) is 90.3 Å². The second-order valence-corrected chi connectivity index (χ2v) is 22.2. The summed E-state index contributed by atoms with van der Waals surface area (Å²) in [5.41, 5.74) is 5.02. The van der Waals surface area contributed by atoms with Crippen molar-refractivity contribution in [3.8, 4) is 53.0 Å². The summed E-state index contributed by atoms with van der Waals surface area (Å²) in [5, 5.41) is 50.7. The highest BCUT2D eigenvalue weighted by atomic mass is 32.1. The topological polar surface area (TPSA) is 217 Å². The fourth-order valence-electron chi connectivity index (χ4n) is 9.50. The molecule has 0 saturated heterocycles. The first-order valence-corrected chi connectivity index (χ1v) is 30.8. The smallest absolute Gasteiger partial charge is 0.344 e. The zero-order valence-corrected chi connectivity index (χ0v) is 52.7. The van der Waals surface area contributed by atoms with Gasteiger partial charge in [-0.1, -0.05) is 91.7 Å². The molecule has 0 fully saturated rings. The predicted molar refractivity (Wildman–Crippen MR) is 351 cm³/mol. The fourth-order valence-corrected chi connectivity index (χ4v) is 10.5. The van der Waals surface area contributed by atoms with Crippen LogP contribution in [-0.4, -0.2) is 36.7 Å². The fraction of sp³-hybridized carbons (Fsp3) is 0.173. The van der Waals surface area contributed by atoms with Crippen molar-refractivity contribution >= 4 is 52.3 Å². The number of ether oxygens (including phenoxy) is 7. The van der Waals surface area contributed by atoms with Crippen molar-refractivity contribution in [1.82, 2.24) is 0 Å². The molecule has 0 atom stereocenters. The number of hydrogen-bond donors (Lipinski definition) is 1. The molecule has 0 radical (unpaired) electrons. The van der Waals surface area contributed by atoms with Crippen LogP contribution in [-0.2, 0) is 42.5 Å². The molecule has 1 aromatic heterocycles. The van der Waals surface area contributed by atoms with Gasteiger partial charge in [0, 0.05) is 52.4 Å². The Bertz CT molecular complexity index is 4200. The second-order valence-electron chi connectivity index (χ2n) is 21.1. The Morgan fingerprint density at radius 2 is 0.948 bits per heavy atom. The van der Waals surface area contributed by atoms with Gasteiger partial charge in [-0.15, -0.1) is 11.3 Å². The highest BCUT2D eigenvalue weighted by Gasteiger charge is 2.24. The Morgan fingerprint density at radius 3 is 1.44 bits per heavy atom. The monoisotopic (exact) mass is 1340 g/mol. The first kappa shape index (κ1) is 71.0. The number of hydrogen-bond acceptors (Lipinski definition) is 16. The summed E-state index contributed by atoms with van der Waals surface area (Å²) >= 11 is 1.27. The molecule has 1 N–H and O–H groups in total. The highest BCUT2D eigenvalue weighted by molar-refractivity contribution is 7.14. The molecule has 0 bridgehead atoms. The number of carbonyl (C=O) groups excluding carboxylic acids is 2. The van der Waals surface area contributed by atoms with Crippen LogP contribution < -0.4 is 28.6 Å². The van der Waals surface area contributed by atoms with Gasteiger partial charge in [0.25, 0.3) is 0 Å². The Labute approximate surface area is 559 Å². The van der Waals surface area contributed by atoms with Crippen LogP contribution in [0.4, 0.5) is 32.0 Å². The van der Waals surface area contributed by atoms with Gasteiger partial charge in [0.2, 0.25) is 0 Å². The Morgan fingerprint density at radius 1 is 0.474 bits per heavy atom. The number of anilines is 1. The maximum Gasteiger partial charge on any atom is 0.344 e. The average Bonchev–Trinajstić information content (AvgIpc) is 1.79. The van der Waals surface area contributed by atoms with Crippen LogP contribution >= 0.6 is 11.3 Å². The maximum absolute atomic E-state index is 13.2. The predicted octanol–water partition coefficient (Wildman–Crippen LogP) is 17.9. The van der Waals surface area contributed by atoms with Gasteiger partial charge in [-0.2, -0.15) is 47.4 Å². The van der Waals surface area contributed by atoms with Crippen molar-refractivity contribution in [3.05, 3.63) is 271 Å². The van der Waals surface area contributed by atoms with E-state index in [4.69, 9.17) is 28.8 Å². The molecular formula is C75H59F6N5O10S. The number of benzene rings is 7. The van der Waals surface area contributed by atoms with Crippen LogP contribution in [0.15, 0.2) is 211 Å². The molecular weight excluding hydrogens is 1280 g/mol. The summed E-state index contributed by atoms with van der Waals surface area (Å²) in [5.74, 6) is -0.738. The number of allylic oxidation sites excluding steroid dienone is 4. The van der Waals surface area contributed by atoms with Gasteiger partial charge in [0.15, 0.2) is 0 Å². The number of nitriles is 4. The molecule has 15 nitrogen and oxygen atoms in total. The van der Waals surface area contributed by atoms with Crippen molar-refractivity contribution in [3.63, 3.8) is 0 Å². The Balaban J connectivity index is 0.978. The van der Waals surface area contributed by atoms with Gasteiger partial charge < -0.3 is 43.2 Å². The van der Waals surface area contributed by atoms with Crippen molar-refractivity contribution in [2.75, 3.05) is 24.6 Å². The Hall–Kier alpha value is -11.8. The average molecular weight is 1340 g/mol. The summed E-state index contributed by atoms with van der Waals surface area (Å²) in [7, 11) is 0. The molecule has 97 heavy (non-hydrogen) atoms. The number of aliphatic hydroxyl groups is 1. The van der Waals surface area contributed by atoms with E-state index in [0.717, 1.165) is 54.9 Å². The van der Waals surface area contributed by atoms with E-state index in [1.807, 2.05) is 54.6 Å². The SMILES string of the molecule is CCN(CCCCCCO)c1ccc(/C=C/c2ccc(C(=C(C#N)C#N)C(=C(C#N)C#N)c3cccc(OCc4cc(OCc5ccc(C(=O)OCc6ccc(OC(F)=C(F)F)cc6)cc5)cc(OCc5ccc(C(=O)OCc6ccc(OC(F)=C(F)F)cc6)cc5)c4)c3)s2)cc1. The number of halogens is 6. The van der Waals surface area contributed by atoms with E-state index < -0.39 is 36.1 Å². The van der Waals surface area contributed by atoms with E-state index in [2.05, 4.69) is 33.4 Å². The summed E-state index contributed by atoms with van der Waals surface area (Å²) in [4.78, 5) is 29.5. The third-order valence-electron chi connectivity index (χ3n) is 14.4. The molecule has 8 aromatic rings. The van der Waals surface area contributed by atoms with E-state index in [1.165, 1.54) is 84.1 Å². The number of thiophene rings is 1. The molecule has 0 aliphatic heterocycles. The van der Waals surface area contributed by atoms with E-state index in [1.54, 1.807) is 72.8 Å². The summed E-state index contributed by atoms with van der Waals surface area (Å²) in [6, 6.07) is 50.6. The molecule has 0 spiro atoms. The lowest BCUT2D eigenvalue weighted by Crippen LogP contribution is -2.23. The molecule has 22 heteroatoms. The third-order valence-corrected chi connectivity index (χ3v) is 15.5. The van der Waals surface area contributed by atoms with Crippen molar-refractivity contribution in [1.29, 1.82) is 21.0 Å². The summed E-state index contributed by atoms with van der Waals surface area (Å²) in [6.45, 7) is 3.62. The Kier molecular flexibility index (Phi) is 26.4. The zero-order chi connectivity index (χ0) is 69.1. The quantitative estimate of drug-likeness (QED) is 0.0104. The van der Waals surface area contributed by atoms with E-state index >= 15 is 0 Å². The van der Waals surface area contributed by atoms with Crippen LogP contribution in [0.5, 0.6) is 28.7 Å². The first-order chi connectivity index (χ1) is 47.1. The minimum atomic E-state index is -2.61. The van der Waals surface area contributed by atoms with Gasteiger partial charge in [0.1, 0.15) is 97.2 Å². The standard InChI is InChI=1S/C75H59F6N5O10S/c1-2-86(34-5-3-4-6-35-87)60-25-14-49(15-26-60)20-31-66-32-33-67(97-66)69(59(42-84)43-85)68(58(40-82)41-83)57-8-7-9-63(38-57)90-48-54-36-64(91-44-50-10-21-55(22-11-50)74(88)93-46-52-16-27-61(28-17-52)95-72(80)70(76)77)39-65(37-54)92-45-51-12-23-56(24-13-51)75(89)94-47-53-18-29-62(30-19-53)96-73(81)71(78)79/h7-33,36-39,87H,2-6,34-35,44-48H2,1H3/b31-20+. The number of esters is 2. The van der Waals surface area contributed by atoms with Crippen LogP contribution in [0.1, 0.15) is 102 Å².